The van der Waals surface area contributed by atoms with Crippen LogP contribution in [0.25, 0.3) is 0 Å². The summed E-state index contributed by atoms with van der Waals surface area (Å²) in [6, 6.07) is 10.0. The molecule has 0 bridgehead atoms. The number of halogens is 2. The van der Waals surface area contributed by atoms with Gasteiger partial charge in [-0.25, -0.2) is 8.78 Å². The number of benzene rings is 2. The fourth-order valence-corrected chi connectivity index (χ4v) is 1.98. The highest BCUT2D eigenvalue weighted by atomic mass is 19.1. The van der Waals surface area contributed by atoms with Crippen LogP contribution in [0, 0.1) is 18.6 Å². The van der Waals surface area contributed by atoms with Crippen LogP contribution in [0.2, 0.25) is 0 Å². The minimum absolute atomic E-state index is 0.179. The summed E-state index contributed by atoms with van der Waals surface area (Å²) in [6.45, 7) is 1.29. The number of nitrogens with zero attached hydrogens (tertiary/aromatic N) is 1. The summed E-state index contributed by atoms with van der Waals surface area (Å²) < 4.78 is 31.3. The van der Waals surface area contributed by atoms with Crippen LogP contribution in [-0.4, -0.2) is 36.9 Å². The Morgan fingerprint density at radius 2 is 1.80 bits per heavy atom. The quantitative estimate of drug-likeness (QED) is 0.873. The second kappa shape index (κ2) is 8.23. The molecule has 0 radical (unpaired) electrons. The summed E-state index contributed by atoms with van der Waals surface area (Å²) in [5.41, 5.74) is 1.69. The van der Waals surface area contributed by atoms with Crippen molar-refractivity contribution < 1.29 is 23.1 Å². The molecule has 2 aromatic carbocycles. The highest BCUT2D eigenvalue weighted by molar-refractivity contribution is 5.94. The zero-order chi connectivity index (χ0) is 18.4. The third kappa shape index (κ3) is 5.56. The van der Waals surface area contributed by atoms with Gasteiger partial charge in [-0.05, 0) is 31.2 Å². The predicted octanol–water partition coefficient (Wildman–Crippen LogP) is 2.75. The normalized spacial score (nSPS) is 10.2. The lowest BCUT2D eigenvalue weighted by molar-refractivity contribution is -0.135. The summed E-state index contributed by atoms with van der Waals surface area (Å²) in [5.74, 6) is -2.74. The Bertz CT molecular complexity index is 763. The Hall–Kier alpha value is -2.96. The van der Waals surface area contributed by atoms with E-state index >= 15 is 0 Å². The van der Waals surface area contributed by atoms with Crippen LogP contribution < -0.4 is 10.1 Å². The largest absolute Gasteiger partial charge is 0.481 e. The Morgan fingerprint density at radius 3 is 2.44 bits per heavy atom. The summed E-state index contributed by atoms with van der Waals surface area (Å²) in [5, 5.41) is 2.67. The number of anilines is 1. The molecule has 5 nitrogen and oxygen atoms in total. The lowest BCUT2D eigenvalue weighted by Crippen LogP contribution is -2.37. The van der Waals surface area contributed by atoms with Gasteiger partial charge in [0.15, 0.2) is 18.2 Å². The number of hydrogen-bond acceptors (Lipinski definition) is 3. The lowest BCUT2D eigenvalue weighted by atomic mass is 10.2. The minimum atomic E-state index is -0.896. The van der Waals surface area contributed by atoms with Gasteiger partial charge in [-0.2, -0.15) is 0 Å². The first kappa shape index (κ1) is 18.4. The van der Waals surface area contributed by atoms with Crippen molar-refractivity contribution in [3.05, 3.63) is 59.7 Å². The highest BCUT2D eigenvalue weighted by Gasteiger charge is 2.15. The van der Waals surface area contributed by atoms with E-state index in [2.05, 4.69) is 5.32 Å². The van der Waals surface area contributed by atoms with E-state index in [-0.39, 0.29) is 18.2 Å². The first-order valence-electron chi connectivity index (χ1n) is 7.53. The van der Waals surface area contributed by atoms with Crippen molar-refractivity contribution in [1.29, 1.82) is 0 Å². The van der Waals surface area contributed by atoms with E-state index in [1.54, 1.807) is 12.1 Å². The molecule has 25 heavy (non-hydrogen) atoms. The van der Waals surface area contributed by atoms with E-state index in [0.717, 1.165) is 22.6 Å². The second-order valence-corrected chi connectivity index (χ2v) is 5.53. The maximum atomic E-state index is 13.4. The number of amides is 2. The molecule has 0 fully saturated rings. The molecular formula is C18H18F2N2O3. The van der Waals surface area contributed by atoms with Crippen LogP contribution in [-0.2, 0) is 9.59 Å². The van der Waals surface area contributed by atoms with E-state index < -0.39 is 24.1 Å². The van der Waals surface area contributed by atoms with Gasteiger partial charge in [-0.1, -0.05) is 17.7 Å². The number of likely N-dealkylation sites (N-methyl/N-ethyl adjacent to an activating group) is 1. The number of aryl methyl sites for hydroxylation is 1. The van der Waals surface area contributed by atoms with Gasteiger partial charge in [0, 0.05) is 18.8 Å². The molecule has 0 atom stereocenters. The molecule has 0 saturated heterocycles. The van der Waals surface area contributed by atoms with Gasteiger partial charge in [0.2, 0.25) is 5.91 Å². The zero-order valence-electron chi connectivity index (χ0n) is 13.9. The Kier molecular flexibility index (Phi) is 6.05. The van der Waals surface area contributed by atoms with Gasteiger partial charge >= 0.3 is 0 Å². The molecule has 0 aliphatic rings. The number of hydrogen-bond donors (Lipinski definition) is 1. The van der Waals surface area contributed by atoms with E-state index in [1.807, 2.05) is 19.1 Å². The van der Waals surface area contributed by atoms with E-state index in [1.165, 1.54) is 7.05 Å². The van der Waals surface area contributed by atoms with Gasteiger partial charge in [0.05, 0.1) is 6.54 Å². The van der Waals surface area contributed by atoms with E-state index in [0.29, 0.717) is 11.8 Å². The molecule has 7 heteroatoms. The Morgan fingerprint density at radius 1 is 1.12 bits per heavy atom. The Labute approximate surface area is 144 Å². The first-order valence-corrected chi connectivity index (χ1v) is 7.53. The standard InChI is InChI=1S/C18H18F2N2O3/c1-12-3-6-14(7-4-12)21-17(23)10-22(2)18(24)11-25-16-8-5-13(19)9-15(16)20/h3-9H,10-11H2,1-2H3,(H,21,23). The van der Waals surface area contributed by atoms with Crippen molar-refractivity contribution >= 4 is 17.5 Å². The van der Waals surface area contributed by atoms with Crippen LogP contribution in [0.1, 0.15) is 5.56 Å². The van der Waals surface area contributed by atoms with Gasteiger partial charge < -0.3 is 15.0 Å². The number of carbonyl (C=O) groups is 2. The molecule has 1 N–H and O–H groups in total. The molecule has 0 heterocycles. The summed E-state index contributed by atoms with van der Waals surface area (Å²) >= 11 is 0. The molecule has 0 aliphatic heterocycles. The van der Waals surface area contributed by atoms with Gasteiger partial charge in [-0.3, -0.25) is 9.59 Å². The molecule has 0 aliphatic carbocycles. The fourth-order valence-electron chi connectivity index (χ4n) is 1.98. The highest BCUT2D eigenvalue weighted by Crippen LogP contribution is 2.17. The fraction of sp³-hybridized carbons (Fsp3) is 0.222. The maximum absolute atomic E-state index is 13.4. The third-order valence-corrected chi connectivity index (χ3v) is 3.39. The van der Waals surface area contributed by atoms with Gasteiger partial charge in [0.25, 0.3) is 5.91 Å². The van der Waals surface area contributed by atoms with Crippen molar-refractivity contribution in [2.24, 2.45) is 0 Å². The van der Waals surface area contributed by atoms with E-state index in [4.69, 9.17) is 4.74 Å². The maximum Gasteiger partial charge on any atom is 0.260 e. The second-order valence-electron chi connectivity index (χ2n) is 5.53. The van der Waals surface area contributed by atoms with Gasteiger partial charge in [-0.15, -0.1) is 0 Å². The molecule has 0 saturated carbocycles. The smallest absolute Gasteiger partial charge is 0.260 e. The first-order chi connectivity index (χ1) is 11.8. The lowest BCUT2D eigenvalue weighted by Gasteiger charge is -2.17. The molecule has 0 spiro atoms. The van der Waals surface area contributed by atoms with Crippen molar-refractivity contribution in [3.8, 4) is 5.75 Å². The molecule has 2 rings (SSSR count). The van der Waals surface area contributed by atoms with Crippen LogP contribution in [0.5, 0.6) is 5.75 Å². The van der Waals surface area contributed by atoms with Crippen molar-refractivity contribution in [3.63, 3.8) is 0 Å². The number of rotatable bonds is 6. The van der Waals surface area contributed by atoms with Crippen molar-refractivity contribution in [2.45, 2.75) is 6.92 Å². The van der Waals surface area contributed by atoms with E-state index in [9.17, 15) is 18.4 Å². The van der Waals surface area contributed by atoms with Crippen LogP contribution in [0.4, 0.5) is 14.5 Å². The monoisotopic (exact) mass is 348 g/mol. The average Bonchev–Trinajstić information content (AvgIpc) is 2.55. The zero-order valence-corrected chi connectivity index (χ0v) is 13.9. The summed E-state index contributed by atoms with van der Waals surface area (Å²) in [4.78, 5) is 25.0. The molecule has 2 aromatic rings. The van der Waals surface area contributed by atoms with Crippen molar-refractivity contribution in [2.75, 3.05) is 25.5 Å². The summed E-state index contributed by atoms with van der Waals surface area (Å²) in [6.07, 6.45) is 0. The van der Waals surface area contributed by atoms with Crippen molar-refractivity contribution in [1.82, 2.24) is 4.90 Å². The van der Waals surface area contributed by atoms with Crippen LogP contribution >= 0.6 is 0 Å². The number of ether oxygens (including phenoxy) is 1. The average molecular weight is 348 g/mol. The molecular weight excluding hydrogens is 330 g/mol. The minimum Gasteiger partial charge on any atom is -0.481 e. The molecule has 0 aromatic heterocycles. The summed E-state index contributed by atoms with van der Waals surface area (Å²) in [7, 11) is 1.43. The number of nitrogens with one attached hydrogen (secondary N) is 1. The van der Waals surface area contributed by atoms with Crippen LogP contribution in [0.15, 0.2) is 42.5 Å². The van der Waals surface area contributed by atoms with Gasteiger partial charge in [0.1, 0.15) is 5.82 Å². The SMILES string of the molecule is Cc1ccc(NC(=O)CN(C)C(=O)COc2ccc(F)cc2F)cc1. The number of carbonyl (C=O) groups excluding carboxylic acids is 2. The Balaban J connectivity index is 1.82. The third-order valence-electron chi connectivity index (χ3n) is 3.39. The molecule has 132 valence electrons. The topological polar surface area (TPSA) is 58.6 Å². The predicted molar refractivity (Wildman–Crippen MR) is 89.3 cm³/mol. The molecule has 2 amide bonds. The molecule has 0 unspecified atom stereocenters. The van der Waals surface area contributed by atoms with Crippen LogP contribution in [0.3, 0.4) is 0 Å².